The highest BCUT2D eigenvalue weighted by Crippen LogP contribution is 2.15. The van der Waals surface area contributed by atoms with Crippen molar-refractivity contribution in [2.75, 3.05) is 18.9 Å². The van der Waals surface area contributed by atoms with Gasteiger partial charge in [0.05, 0.1) is 11.5 Å². The number of nitrogens with zero attached hydrogens (tertiary/aromatic N) is 3. The number of anilines is 1. The van der Waals surface area contributed by atoms with Crippen LogP contribution in [-0.4, -0.2) is 41.3 Å². The number of carbonyl (C=O) groups excluding carboxylic acids is 2. The second-order valence-corrected chi connectivity index (χ2v) is 4.07. The molecule has 0 aromatic heterocycles. The Kier molecular flexibility index (Phi) is 3.60. The van der Waals surface area contributed by atoms with Gasteiger partial charge in [0.1, 0.15) is 0 Å². The van der Waals surface area contributed by atoms with Gasteiger partial charge in [0.2, 0.25) is 11.9 Å². The third-order valence-corrected chi connectivity index (χ3v) is 2.53. The van der Waals surface area contributed by atoms with E-state index in [9.17, 15) is 19.7 Å². The molecule has 1 aliphatic rings. The molecule has 20 heavy (non-hydrogen) atoms. The summed E-state index contributed by atoms with van der Waals surface area (Å²) in [4.78, 5) is 37.8. The Labute approximate surface area is 113 Å². The molecule has 2 rings (SSSR count). The van der Waals surface area contributed by atoms with Crippen LogP contribution in [0.4, 0.5) is 16.2 Å². The monoisotopic (exact) mass is 277 g/mol. The number of nitrogens with one attached hydrogen (secondary N) is 2. The van der Waals surface area contributed by atoms with Crippen molar-refractivity contribution in [3.63, 3.8) is 0 Å². The number of hydrogen-bond donors (Lipinski definition) is 2. The van der Waals surface area contributed by atoms with E-state index < -0.39 is 11.0 Å². The van der Waals surface area contributed by atoms with Gasteiger partial charge in [-0.2, -0.15) is 4.99 Å². The minimum atomic E-state index is -0.678. The maximum Gasteiger partial charge on any atom is 0.348 e. The average molecular weight is 277 g/mol. The highest BCUT2D eigenvalue weighted by atomic mass is 16.6. The summed E-state index contributed by atoms with van der Waals surface area (Å²) in [6, 6.07) is 4.65. The fraction of sp³-hybridized carbons (Fsp3) is 0.182. The number of urea groups is 1. The number of benzene rings is 1. The molecule has 0 spiro atoms. The molecule has 1 saturated heterocycles. The zero-order chi connectivity index (χ0) is 14.7. The quantitative estimate of drug-likeness (QED) is 0.604. The standard InChI is InChI=1S/C11H11N5O4/c1-15-6-9(17)13-10(15)14-11(18)12-7-2-4-8(5-3-7)16(19)20/h2-5H,6H2,1H3,(H2,12,13,14,17,18). The number of nitro benzene ring substituents is 1. The largest absolute Gasteiger partial charge is 0.348 e. The smallest absolute Gasteiger partial charge is 0.336 e. The van der Waals surface area contributed by atoms with Crippen molar-refractivity contribution in [3.8, 4) is 0 Å². The van der Waals surface area contributed by atoms with Crippen LogP contribution in [0.2, 0.25) is 0 Å². The SMILES string of the molecule is CN1CC(=O)N/C1=N\C(=O)Nc1ccc([N+](=O)[O-])cc1. The van der Waals surface area contributed by atoms with Crippen LogP contribution in [0.5, 0.6) is 0 Å². The van der Waals surface area contributed by atoms with Crippen LogP contribution in [0.25, 0.3) is 0 Å². The van der Waals surface area contributed by atoms with E-state index in [2.05, 4.69) is 15.6 Å². The lowest BCUT2D eigenvalue weighted by Crippen LogP contribution is -2.29. The van der Waals surface area contributed by atoms with Crippen LogP contribution < -0.4 is 10.6 Å². The molecule has 0 atom stereocenters. The predicted molar refractivity (Wildman–Crippen MR) is 70.3 cm³/mol. The molecule has 1 aromatic carbocycles. The van der Waals surface area contributed by atoms with Crippen molar-refractivity contribution < 1.29 is 14.5 Å². The fourth-order valence-corrected chi connectivity index (χ4v) is 1.58. The first-order chi connectivity index (χ1) is 9.45. The number of aliphatic imine (C=N–C) groups is 1. The van der Waals surface area contributed by atoms with Crippen molar-refractivity contribution in [3.05, 3.63) is 34.4 Å². The molecule has 9 nitrogen and oxygen atoms in total. The van der Waals surface area contributed by atoms with Crippen LogP contribution in [0, 0.1) is 10.1 Å². The van der Waals surface area contributed by atoms with Crippen LogP contribution in [0.15, 0.2) is 29.3 Å². The second kappa shape index (κ2) is 5.34. The topological polar surface area (TPSA) is 117 Å². The maximum atomic E-state index is 11.6. The molecule has 9 heteroatoms. The number of guanidine groups is 1. The van der Waals surface area contributed by atoms with Crippen LogP contribution >= 0.6 is 0 Å². The first-order valence-corrected chi connectivity index (χ1v) is 5.61. The first-order valence-electron chi connectivity index (χ1n) is 5.61. The van der Waals surface area contributed by atoms with E-state index >= 15 is 0 Å². The number of amides is 3. The number of rotatable bonds is 2. The Balaban J connectivity index is 2.03. The number of hydrogen-bond acceptors (Lipinski definition) is 4. The molecule has 0 bridgehead atoms. The van der Waals surface area contributed by atoms with E-state index in [1.54, 1.807) is 7.05 Å². The summed E-state index contributed by atoms with van der Waals surface area (Å²) in [6.07, 6.45) is 0. The van der Waals surface area contributed by atoms with Crippen molar-refractivity contribution in [2.45, 2.75) is 0 Å². The van der Waals surface area contributed by atoms with E-state index in [0.29, 0.717) is 5.69 Å². The molecule has 1 fully saturated rings. The highest BCUT2D eigenvalue weighted by Gasteiger charge is 2.22. The van der Waals surface area contributed by atoms with Crippen molar-refractivity contribution in [1.29, 1.82) is 0 Å². The van der Waals surface area contributed by atoms with Gasteiger partial charge in [0.25, 0.3) is 5.69 Å². The number of carbonyl (C=O) groups is 2. The van der Waals surface area contributed by atoms with Crippen molar-refractivity contribution >= 4 is 29.3 Å². The molecular formula is C11H11N5O4. The number of likely N-dealkylation sites (N-methyl/N-ethyl adjacent to an activating group) is 1. The van der Waals surface area contributed by atoms with Gasteiger partial charge in [-0.15, -0.1) is 0 Å². The fourth-order valence-electron chi connectivity index (χ4n) is 1.58. The number of nitro groups is 1. The molecule has 0 radical (unpaired) electrons. The Morgan fingerprint density at radius 3 is 2.60 bits per heavy atom. The van der Waals surface area contributed by atoms with Crippen LogP contribution in [-0.2, 0) is 4.79 Å². The molecule has 0 unspecified atom stereocenters. The van der Waals surface area contributed by atoms with Crippen molar-refractivity contribution in [1.82, 2.24) is 10.2 Å². The van der Waals surface area contributed by atoms with Crippen molar-refractivity contribution in [2.24, 2.45) is 4.99 Å². The normalized spacial score (nSPS) is 16.1. The van der Waals surface area contributed by atoms with Gasteiger partial charge in [-0.3, -0.25) is 20.2 Å². The summed E-state index contributed by atoms with van der Waals surface area (Å²) in [5.41, 5.74) is 0.300. The highest BCUT2D eigenvalue weighted by molar-refractivity contribution is 6.09. The minimum Gasteiger partial charge on any atom is -0.336 e. The summed E-state index contributed by atoms with van der Waals surface area (Å²) in [5, 5.41) is 15.4. The van der Waals surface area contributed by atoms with E-state index in [-0.39, 0.29) is 24.1 Å². The zero-order valence-electron chi connectivity index (χ0n) is 10.5. The van der Waals surface area contributed by atoms with E-state index in [0.717, 1.165) is 0 Å². The lowest BCUT2D eigenvalue weighted by molar-refractivity contribution is -0.384. The molecule has 1 aromatic rings. The van der Waals surface area contributed by atoms with Gasteiger partial charge in [-0.05, 0) is 12.1 Å². The molecule has 1 aliphatic heterocycles. The Bertz CT molecular complexity index is 595. The Morgan fingerprint density at radius 2 is 2.10 bits per heavy atom. The van der Waals surface area contributed by atoms with Gasteiger partial charge in [-0.25, -0.2) is 4.79 Å². The van der Waals surface area contributed by atoms with Gasteiger partial charge >= 0.3 is 6.03 Å². The molecule has 0 saturated carbocycles. The van der Waals surface area contributed by atoms with E-state index in [1.807, 2.05) is 0 Å². The summed E-state index contributed by atoms with van der Waals surface area (Å²) in [6.45, 7) is 0.143. The maximum absolute atomic E-state index is 11.6. The summed E-state index contributed by atoms with van der Waals surface area (Å²) in [5.74, 6) is -0.0798. The molecule has 2 N–H and O–H groups in total. The second-order valence-electron chi connectivity index (χ2n) is 4.07. The lowest BCUT2D eigenvalue weighted by atomic mass is 10.3. The molecule has 0 aliphatic carbocycles. The predicted octanol–water partition coefficient (Wildman–Crippen LogP) is 0.544. The Morgan fingerprint density at radius 1 is 1.45 bits per heavy atom. The lowest BCUT2D eigenvalue weighted by Gasteiger charge is -2.08. The van der Waals surface area contributed by atoms with Gasteiger partial charge < -0.3 is 10.2 Å². The molecule has 1 heterocycles. The average Bonchev–Trinajstić information content (AvgIpc) is 2.68. The van der Waals surface area contributed by atoms with Gasteiger partial charge in [0, 0.05) is 24.9 Å². The Hall–Kier alpha value is -2.97. The summed E-state index contributed by atoms with van der Waals surface area (Å²) >= 11 is 0. The van der Waals surface area contributed by atoms with E-state index in [4.69, 9.17) is 0 Å². The third-order valence-electron chi connectivity index (χ3n) is 2.53. The summed E-state index contributed by atoms with van der Waals surface area (Å²) in [7, 11) is 1.62. The van der Waals surface area contributed by atoms with Crippen LogP contribution in [0.1, 0.15) is 0 Å². The van der Waals surface area contributed by atoms with Gasteiger partial charge in [0.15, 0.2) is 0 Å². The minimum absolute atomic E-state index is 0.0721. The molecule has 104 valence electrons. The molecular weight excluding hydrogens is 266 g/mol. The summed E-state index contributed by atoms with van der Waals surface area (Å²) < 4.78 is 0. The molecule has 3 amide bonds. The zero-order valence-corrected chi connectivity index (χ0v) is 10.5. The van der Waals surface area contributed by atoms with Crippen LogP contribution in [0.3, 0.4) is 0 Å². The number of non-ortho nitro benzene ring substituents is 1. The first kappa shape index (κ1) is 13.5. The third kappa shape index (κ3) is 3.07. The van der Waals surface area contributed by atoms with E-state index in [1.165, 1.54) is 29.2 Å². The van der Waals surface area contributed by atoms with Gasteiger partial charge in [-0.1, -0.05) is 0 Å².